The van der Waals surface area contributed by atoms with E-state index < -0.39 is 12.0 Å². The number of aliphatic hydroxyl groups is 2. The Labute approximate surface area is 103 Å². The Bertz CT molecular complexity index is 303. The molecule has 94 valence electrons. The second-order valence-electron chi connectivity index (χ2n) is 3.29. The second-order valence-corrected chi connectivity index (χ2v) is 3.29. The van der Waals surface area contributed by atoms with Gasteiger partial charge in [-0.1, -0.05) is 6.08 Å². The van der Waals surface area contributed by atoms with Gasteiger partial charge >= 0.3 is 5.97 Å². The number of allylic oxidation sites excluding steroid dienone is 1. The number of halogens is 1. The van der Waals surface area contributed by atoms with Crippen molar-refractivity contribution in [3.63, 3.8) is 0 Å². The van der Waals surface area contributed by atoms with Crippen LogP contribution in [0.4, 0.5) is 0 Å². The van der Waals surface area contributed by atoms with Crippen molar-refractivity contribution in [2.24, 2.45) is 0 Å². The molecule has 1 aliphatic rings. The fourth-order valence-electron chi connectivity index (χ4n) is 0.797. The number of carbonyl (C=O) groups is 1. The molecule has 0 amide bonds. The minimum absolute atomic E-state index is 0. The SMILES string of the molecule is CN(C)CC(=O)O.Cl.[2H]C1(O)C=CC(O)=CC1. The summed E-state index contributed by atoms with van der Waals surface area (Å²) < 4.78 is 7.03. The highest BCUT2D eigenvalue weighted by Crippen LogP contribution is 2.06. The Morgan fingerprint density at radius 1 is 1.69 bits per heavy atom. The molecule has 16 heavy (non-hydrogen) atoms. The third kappa shape index (κ3) is 11.0. The summed E-state index contributed by atoms with van der Waals surface area (Å²) in [6.45, 7) is 0.111. The van der Waals surface area contributed by atoms with Gasteiger partial charge in [-0.25, -0.2) is 0 Å². The first-order valence-electron chi connectivity index (χ1n) is 4.90. The predicted molar refractivity (Wildman–Crippen MR) is 63.9 cm³/mol. The molecule has 0 aliphatic heterocycles. The molecule has 1 atom stereocenters. The summed E-state index contributed by atoms with van der Waals surface area (Å²) in [5, 5.41) is 25.7. The molecule has 1 rings (SSSR count). The van der Waals surface area contributed by atoms with Crippen molar-refractivity contribution < 1.29 is 21.5 Å². The smallest absolute Gasteiger partial charge is 0.317 e. The minimum atomic E-state index is -1.51. The maximum Gasteiger partial charge on any atom is 0.317 e. The Kier molecular flexibility index (Phi) is 8.61. The normalized spacial score (nSPS) is 23.5. The first kappa shape index (κ1) is 15.0. The highest BCUT2D eigenvalue weighted by molar-refractivity contribution is 5.85. The zero-order valence-electron chi connectivity index (χ0n) is 10.3. The van der Waals surface area contributed by atoms with Crippen molar-refractivity contribution in [3.05, 3.63) is 24.0 Å². The lowest BCUT2D eigenvalue weighted by Crippen LogP contribution is -2.20. The minimum Gasteiger partial charge on any atom is -0.508 e. The molecule has 1 unspecified atom stereocenters. The topological polar surface area (TPSA) is 81.0 Å². The Balaban J connectivity index is 0. The fourth-order valence-corrected chi connectivity index (χ4v) is 0.797. The number of rotatable bonds is 2. The maximum atomic E-state index is 9.77. The van der Waals surface area contributed by atoms with Gasteiger partial charge in [0.25, 0.3) is 0 Å². The van der Waals surface area contributed by atoms with Gasteiger partial charge in [-0.2, -0.15) is 0 Å². The number of hydrogen-bond donors (Lipinski definition) is 3. The molecule has 6 heteroatoms. The first-order valence-corrected chi connectivity index (χ1v) is 4.40. The van der Waals surface area contributed by atoms with Gasteiger partial charge in [0, 0.05) is 0 Å². The number of hydrogen-bond acceptors (Lipinski definition) is 4. The van der Waals surface area contributed by atoms with Crippen LogP contribution in [0.15, 0.2) is 24.0 Å². The number of aliphatic carboxylic acids is 1. The molecular formula is C10H18ClNO4. The third-order valence-electron chi connectivity index (χ3n) is 1.42. The molecule has 0 heterocycles. The van der Waals surface area contributed by atoms with Crippen molar-refractivity contribution >= 4 is 18.4 Å². The zero-order chi connectivity index (χ0) is 12.8. The molecule has 0 spiro atoms. The van der Waals surface area contributed by atoms with Gasteiger partial charge in [0.05, 0.1) is 14.0 Å². The first-order chi connectivity index (χ1) is 7.23. The van der Waals surface area contributed by atoms with Crippen LogP contribution in [0.3, 0.4) is 0 Å². The van der Waals surface area contributed by atoms with Crippen molar-refractivity contribution in [1.29, 1.82) is 0 Å². The molecule has 0 radical (unpaired) electrons. The fraction of sp³-hybridized carbons (Fsp3) is 0.500. The van der Waals surface area contributed by atoms with Gasteiger partial charge in [0.2, 0.25) is 0 Å². The Morgan fingerprint density at radius 3 is 2.44 bits per heavy atom. The van der Waals surface area contributed by atoms with Crippen LogP contribution in [-0.4, -0.2) is 52.9 Å². The van der Waals surface area contributed by atoms with Crippen molar-refractivity contribution in [2.45, 2.75) is 12.5 Å². The Morgan fingerprint density at radius 2 is 2.25 bits per heavy atom. The van der Waals surface area contributed by atoms with E-state index in [1.165, 1.54) is 18.2 Å². The molecule has 0 saturated heterocycles. The molecule has 0 aromatic heterocycles. The van der Waals surface area contributed by atoms with E-state index in [2.05, 4.69) is 0 Å². The number of likely N-dealkylation sites (N-methyl/N-ethyl adjacent to an activating group) is 1. The zero-order valence-corrected chi connectivity index (χ0v) is 10.1. The van der Waals surface area contributed by atoms with Crippen molar-refractivity contribution in [2.75, 3.05) is 20.6 Å². The molecule has 0 aromatic rings. The van der Waals surface area contributed by atoms with Crippen LogP contribution in [0.1, 0.15) is 7.79 Å². The second kappa shape index (κ2) is 9.21. The van der Waals surface area contributed by atoms with Gasteiger partial charge in [-0.05, 0) is 32.7 Å². The van der Waals surface area contributed by atoms with Crippen LogP contribution in [0.2, 0.25) is 0 Å². The highest BCUT2D eigenvalue weighted by atomic mass is 35.5. The van der Waals surface area contributed by atoms with Crippen LogP contribution in [0, 0.1) is 0 Å². The summed E-state index contributed by atoms with van der Waals surface area (Å²) in [4.78, 5) is 11.4. The molecule has 5 nitrogen and oxygen atoms in total. The number of carboxylic acid groups (broad SMARTS) is 1. The van der Waals surface area contributed by atoms with Gasteiger partial charge in [-0.15, -0.1) is 12.4 Å². The number of nitrogens with zero attached hydrogens (tertiary/aromatic N) is 1. The summed E-state index contributed by atoms with van der Waals surface area (Å²) in [5.74, 6) is -0.670. The lowest BCUT2D eigenvalue weighted by atomic mass is 10.1. The van der Waals surface area contributed by atoms with E-state index in [-0.39, 0.29) is 31.1 Å². The Hall–Kier alpha value is -1.04. The van der Waals surface area contributed by atoms with Crippen molar-refractivity contribution in [3.8, 4) is 0 Å². The summed E-state index contributed by atoms with van der Waals surface area (Å²) in [7, 11) is 3.43. The van der Waals surface area contributed by atoms with Gasteiger partial charge in [0.1, 0.15) is 5.76 Å². The number of aliphatic hydroxyl groups excluding tert-OH is 1. The largest absolute Gasteiger partial charge is 0.508 e. The molecule has 0 aromatic carbocycles. The quantitative estimate of drug-likeness (QED) is 0.678. The molecule has 3 N–H and O–H groups in total. The van der Waals surface area contributed by atoms with E-state index in [9.17, 15) is 4.79 Å². The van der Waals surface area contributed by atoms with E-state index in [0.29, 0.717) is 0 Å². The van der Waals surface area contributed by atoms with Crippen LogP contribution < -0.4 is 0 Å². The van der Waals surface area contributed by atoms with Crippen LogP contribution in [0.25, 0.3) is 0 Å². The van der Waals surface area contributed by atoms with Crippen LogP contribution in [0.5, 0.6) is 0 Å². The average Bonchev–Trinajstić information content (AvgIpc) is 2.09. The molecular weight excluding hydrogens is 234 g/mol. The standard InChI is InChI=1S/C6H8O2.C4H9NO2.ClH/c7-5-1-2-6(8)4-3-5;1-5(2)3-4(6)7;/h1-3,6-8H,4H2;3H2,1-2H3,(H,6,7);1H/i6D;;. The van der Waals surface area contributed by atoms with E-state index in [1.807, 2.05) is 0 Å². The van der Waals surface area contributed by atoms with Crippen LogP contribution in [-0.2, 0) is 4.79 Å². The van der Waals surface area contributed by atoms with E-state index >= 15 is 0 Å². The highest BCUT2D eigenvalue weighted by Gasteiger charge is 2.01. The average molecular weight is 253 g/mol. The molecule has 0 fully saturated rings. The van der Waals surface area contributed by atoms with Gasteiger partial charge < -0.3 is 15.3 Å². The lowest BCUT2D eigenvalue weighted by Gasteiger charge is -2.04. The molecule has 0 bridgehead atoms. The third-order valence-corrected chi connectivity index (χ3v) is 1.42. The van der Waals surface area contributed by atoms with Gasteiger partial charge in [-0.3, -0.25) is 9.69 Å². The monoisotopic (exact) mass is 252 g/mol. The van der Waals surface area contributed by atoms with Crippen molar-refractivity contribution in [1.82, 2.24) is 4.90 Å². The summed E-state index contributed by atoms with van der Waals surface area (Å²) >= 11 is 0. The maximum absolute atomic E-state index is 9.77. The van der Waals surface area contributed by atoms with Crippen LogP contribution >= 0.6 is 12.4 Å². The summed E-state index contributed by atoms with van der Waals surface area (Å²) in [6.07, 6.45) is 2.63. The molecule has 0 saturated carbocycles. The summed E-state index contributed by atoms with van der Waals surface area (Å²) in [5.41, 5.74) is 0. The van der Waals surface area contributed by atoms with E-state index in [0.717, 1.165) is 0 Å². The predicted octanol–water partition coefficient (Wildman–Crippen LogP) is 0.803. The summed E-state index contributed by atoms with van der Waals surface area (Å²) in [6, 6.07) is 0. The van der Waals surface area contributed by atoms with E-state index in [1.54, 1.807) is 19.0 Å². The molecule has 1 aliphatic carbocycles. The van der Waals surface area contributed by atoms with Gasteiger partial charge in [0.15, 0.2) is 0 Å². The lowest BCUT2D eigenvalue weighted by molar-refractivity contribution is -0.137. The number of carboxylic acids is 1. The van der Waals surface area contributed by atoms with E-state index in [4.69, 9.17) is 16.7 Å².